The van der Waals surface area contributed by atoms with Crippen LogP contribution in [0.4, 0.5) is 0 Å². The number of benzene rings is 4. The van der Waals surface area contributed by atoms with Gasteiger partial charge in [-0.15, -0.1) is 23.3 Å². The zero-order chi connectivity index (χ0) is 27.5. The summed E-state index contributed by atoms with van der Waals surface area (Å²) < 4.78 is 10.8. The van der Waals surface area contributed by atoms with Crippen molar-refractivity contribution < 1.29 is 25.8 Å². The molecule has 0 aliphatic rings. The second-order valence-electron chi connectivity index (χ2n) is 9.97. The van der Waals surface area contributed by atoms with Crippen LogP contribution < -0.4 is 4.74 Å². The molecule has 0 N–H and O–H groups in total. The molecule has 0 aliphatic carbocycles. The fourth-order valence-corrected chi connectivity index (χ4v) is 5.45. The summed E-state index contributed by atoms with van der Waals surface area (Å²) in [6, 6.07) is 34.9. The second kappa shape index (κ2) is 10.2. The molecule has 42 heavy (non-hydrogen) atoms. The Bertz CT molecular complexity index is 2130. The fourth-order valence-electron chi connectivity index (χ4n) is 5.45. The van der Waals surface area contributed by atoms with E-state index in [1.54, 1.807) is 12.4 Å². The predicted molar refractivity (Wildman–Crippen MR) is 161 cm³/mol. The van der Waals surface area contributed by atoms with Gasteiger partial charge in [0.15, 0.2) is 0 Å². The van der Waals surface area contributed by atoms with Crippen LogP contribution in [0, 0.1) is 12.1 Å². The summed E-state index contributed by atoms with van der Waals surface area (Å²) in [4.78, 5) is 19.1. The molecule has 0 radical (unpaired) electrons. The molecule has 7 nitrogen and oxygen atoms in total. The van der Waals surface area contributed by atoms with Gasteiger partial charge < -0.3 is 13.9 Å². The number of pyridine rings is 2. The third-order valence-electron chi connectivity index (χ3n) is 7.49. The minimum atomic E-state index is 0. The number of hydrogen-bond donors (Lipinski definition) is 0. The number of nitrogens with zero attached hydrogens (tertiary/aromatic N) is 6. The van der Waals surface area contributed by atoms with Gasteiger partial charge in [0.25, 0.3) is 0 Å². The van der Waals surface area contributed by atoms with Gasteiger partial charge in [-0.05, 0) is 46.1 Å². The van der Waals surface area contributed by atoms with Crippen molar-refractivity contribution in [1.29, 1.82) is 0 Å². The van der Waals surface area contributed by atoms with Crippen molar-refractivity contribution >= 4 is 43.9 Å². The van der Waals surface area contributed by atoms with Crippen LogP contribution in [-0.2, 0) is 35.2 Å². The van der Waals surface area contributed by atoms with E-state index in [0.717, 1.165) is 66.6 Å². The van der Waals surface area contributed by atoms with E-state index in [4.69, 9.17) is 14.7 Å². The number of imidazole rings is 2. The number of ether oxygens (including phenoxy) is 1. The van der Waals surface area contributed by atoms with Crippen molar-refractivity contribution in [2.75, 3.05) is 0 Å². The van der Waals surface area contributed by atoms with Crippen LogP contribution >= 0.6 is 0 Å². The molecule has 8 aromatic rings. The molecule has 4 aromatic heterocycles. The Morgan fingerprint density at radius 3 is 1.48 bits per heavy atom. The molecular weight excluding hydrogens is 703 g/mol. The minimum absolute atomic E-state index is 0. The molecule has 4 aromatic carbocycles. The van der Waals surface area contributed by atoms with Gasteiger partial charge in [0.2, 0.25) is 0 Å². The number of para-hydroxylation sites is 4. The van der Waals surface area contributed by atoms with Crippen LogP contribution in [0.25, 0.3) is 66.6 Å². The van der Waals surface area contributed by atoms with Crippen LogP contribution in [0.15, 0.2) is 97.3 Å². The summed E-state index contributed by atoms with van der Waals surface area (Å²) in [5, 5.41) is 1.68. The molecule has 0 fully saturated rings. The zero-order valence-electron chi connectivity index (χ0n) is 22.6. The van der Waals surface area contributed by atoms with Crippen LogP contribution in [0.5, 0.6) is 11.5 Å². The average Bonchev–Trinajstić information content (AvgIpc) is 3.54. The molecule has 0 saturated heterocycles. The Balaban J connectivity index is 0.00000288. The molecule has 8 heteroatoms. The number of aromatic nitrogens is 6. The van der Waals surface area contributed by atoms with E-state index in [1.807, 2.05) is 86.9 Å². The molecule has 0 aliphatic heterocycles. The van der Waals surface area contributed by atoms with Gasteiger partial charge in [0.05, 0.1) is 45.2 Å². The van der Waals surface area contributed by atoms with Gasteiger partial charge in [0, 0.05) is 26.5 Å². The molecule has 0 spiro atoms. The molecule has 8 rings (SSSR count). The van der Waals surface area contributed by atoms with Crippen LogP contribution in [0.2, 0.25) is 0 Å². The van der Waals surface area contributed by atoms with Crippen molar-refractivity contribution in [3.05, 3.63) is 109 Å². The first kappa shape index (κ1) is 26.1. The van der Waals surface area contributed by atoms with Gasteiger partial charge >= 0.3 is 21.1 Å². The van der Waals surface area contributed by atoms with Crippen molar-refractivity contribution in [2.45, 2.75) is 0 Å². The minimum Gasteiger partial charge on any atom is -0.495 e. The number of fused-ring (bicyclic) bond motifs is 4. The van der Waals surface area contributed by atoms with Crippen LogP contribution in [0.1, 0.15) is 0 Å². The van der Waals surface area contributed by atoms with Gasteiger partial charge in [-0.2, -0.15) is 0 Å². The Hall–Kier alpha value is -4.87. The number of aryl methyl sites for hydroxylation is 2. The summed E-state index contributed by atoms with van der Waals surface area (Å²) in [6.07, 6.45) is 3.56. The first-order valence-electron chi connectivity index (χ1n) is 13.3. The third-order valence-corrected chi connectivity index (χ3v) is 7.49. The first-order valence-corrected chi connectivity index (χ1v) is 13.3. The molecule has 4 heterocycles. The normalized spacial score (nSPS) is 11.4. The van der Waals surface area contributed by atoms with Crippen molar-refractivity contribution in [3.63, 3.8) is 0 Å². The largest absolute Gasteiger partial charge is 2.00 e. The van der Waals surface area contributed by atoms with E-state index < -0.39 is 0 Å². The van der Waals surface area contributed by atoms with Crippen molar-refractivity contribution in [2.24, 2.45) is 14.1 Å². The van der Waals surface area contributed by atoms with E-state index in [-0.39, 0.29) is 21.1 Å². The Kier molecular flexibility index (Phi) is 6.32. The smallest absolute Gasteiger partial charge is 0.495 e. The summed E-state index contributed by atoms with van der Waals surface area (Å²) >= 11 is 0. The fraction of sp³-hybridized carbons (Fsp3) is 0.0588. The monoisotopic (exact) mass is 725 g/mol. The molecule has 0 atom stereocenters. The van der Waals surface area contributed by atoms with E-state index in [9.17, 15) is 0 Å². The van der Waals surface area contributed by atoms with Gasteiger partial charge in [-0.3, -0.25) is 19.9 Å². The molecule has 0 saturated carbocycles. The maximum absolute atomic E-state index is 6.69. The Morgan fingerprint density at radius 2 is 1.02 bits per heavy atom. The predicted octanol–water partition coefficient (Wildman–Crippen LogP) is 7.28. The maximum Gasteiger partial charge on any atom is 2.00 e. The number of hydrogen-bond acceptors (Lipinski definition) is 5. The summed E-state index contributed by atoms with van der Waals surface area (Å²) in [7, 11) is 4.02. The topological polar surface area (TPSA) is 70.7 Å². The van der Waals surface area contributed by atoms with Crippen LogP contribution in [0.3, 0.4) is 0 Å². The third kappa shape index (κ3) is 4.16. The number of rotatable bonds is 4. The molecule has 0 bridgehead atoms. The van der Waals surface area contributed by atoms with E-state index in [0.29, 0.717) is 11.5 Å². The van der Waals surface area contributed by atoms with Gasteiger partial charge in [-0.25, -0.2) is 0 Å². The van der Waals surface area contributed by atoms with Crippen LogP contribution in [-0.4, -0.2) is 29.1 Å². The summed E-state index contributed by atoms with van der Waals surface area (Å²) in [5.74, 6) is 2.66. The molecule has 0 amide bonds. The molecular formula is C34H22N6OPt. The Labute approximate surface area is 255 Å². The summed E-state index contributed by atoms with van der Waals surface area (Å²) in [6.45, 7) is 0. The zero-order valence-corrected chi connectivity index (χ0v) is 24.9. The second-order valence-corrected chi connectivity index (χ2v) is 9.97. The standard InChI is InChI=1S/C34H22N6O.Pt/c1-39-29-13-5-3-11-25(29)37-33(39)21-17-27-23(9-7-15-35-27)31(19-21)41-32-20-22(18-28-24(32)10-8-16-36-28)34-38-26-12-4-6-14-30(26)40(34)2;/h3-18H,1-2H3;/q-2;+2. The van der Waals surface area contributed by atoms with Crippen molar-refractivity contribution in [3.8, 4) is 34.3 Å². The van der Waals surface area contributed by atoms with E-state index in [1.165, 1.54) is 0 Å². The van der Waals surface area contributed by atoms with Gasteiger partial charge in [-0.1, -0.05) is 60.7 Å². The van der Waals surface area contributed by atoms with Crippen molar-refractivity contribution in [1.82, 2.24) is 29.1 Å². The average molecular weight is 726 g/mol. The molecule has 204 valence electrons. The first-order chi connectivity index (χ1) is 20.1. The van der Waals surface area contributed by atoms with E-state index in [2.05, 4.69) is 43.4 Å². The molecule has 0 unspecified atom stereocenters. The summed E-state index contributed by atoms with van der Waals surface area (Å²) in [5.41, 5.74) is 7.08. The maximum atomic E-state index is 6.69. The Morgan fingerprint density at radius 1 is 0.571 bits per heavy atom. The SMILES string of the molecule is Cn1c(-c2[c-]c(Oc3[c-]c(-c4nc5ccccc5n4C)cc4ncccc34)c3cccnc3c2)nc2ccccc21.[Pt+2]. The van der Waals surface area contributed by atoms with Gasteiger partial charge in [0.1, 0.15) is 0 Å². The van der Waals surface area contributed by atoms with E-state index >= 15 is 0 Å². The quantitative estimate of drug-likeness (QED) is 0.179.